The molecule has 94 valence electrons. The SMILES string of the molecule is CC(O)c1ccccc1N1CCSC(C)C1C. The summed E-state index contributed by atoms with van der Waals surface area (Å²) in [5.41, 5.74) is 2.24. The molecule has 3 atom stereocenters. The fourth-order valence-corrected chi connectivity index (χ4v) is 3.47. The van der Waals surface area contributed by atoms with Crippen molar-refractivity contribution in [3.8, 4) is 0 Å². The van der Waals surface area contributed by atoms with Crippen molar-refractivity contribution in [2.75, 3.05) is 17.2 Å². The highest BCUT2D eigenvalue weighted by Gasteiger charge is 2.27. The zero-order valence-corrected chi connectivity index (χ0v) is 11.6. The topological polar surface area (TPSA) is 23.5 Å². The van der Waals surface area contributed by atoms with Crippen LogP contribution in [0.1, 0.15) is 32.4 Å². The second-order valence-electron chi connectivity index (χ2n) is 4.74. The minimum absolute atomic E-state index is 0.400. The van der Waals surface area contributed by atoms with Gasteiger partial charge in [0.05, 0.1) is 6.10 Å². The number of thioether (sulfide) groups is 1. The van der Waals surface area contributed by atoms with E-state index in [0.717, 1.165) is 12.1 Å². The van der Waals surface area contributed by atoms with Gasteiger partial charge in [0.15, 0.2) is 0 Å². The summed E-state index contributed by atoms with van der Waals surface area (Å²) in [5.74, 6) is 1.17. The van der Waals surface area contributed by atoms with Gasteiger partial charge in [-0.15, -0.1) is 0 Å². The molecule has 1 saturated heterocycles. The van der Waals surface area contributed by atoms with Gasteiger partial charge in [0.2, 0.25) is 0 Å². The highest BCUT2D eigenvalue weighted by molar-refractivity contribution is 8.00. The number of para-hydroxylation sites is 1. The van der Waals surface area contributed by atoms with Crippen molar-refractivity contribution in [1.29, 1.82) is 0 Å². The number of hydrogen-bond donors (Lipinski definition) is 1. The van der Waals surface area contributed by atoms with Crippen molar-refractivity contribution in [3.05, 3.63) is 29.8 Å². The molecular formula is C14H21NOS. The van der Waals surface area contributed by atoms with Crippen molar-refractivity contribution < 1.29 is 5.11 Å². The van der Waals surface area contributed by atoms with E-state index in [0.29, 0.717) is 11.3 Å². The first-order valence-electron chi connectivity index (χ1n) is 6.26. The van der Waals surface area contributed by atoms with E-state index in [1.165, 1.54) is 11.4 Å². The highest BCUT2D eigenvalue weighted by Crippen LogP contribution is 2.33. The van der Waals surface area contributed by atoms with Gasteiger partial charge in [-0.3, -0.25) is 0 Å². The quantitative estimate of drug-likeness (QED) is 0.874. The molecule has 1 aromatic carbocycles. The monoisotopic (exact) mass is 251 g/mol. The van der Waals surface area contributed by atoms with Gasteiger partial charge in [-0.1, -0.05) is 25.1 Å². The average Bonchev–Trinajstić information content (AvgIpc) is 2.33. The van der Waals surface area contributed by atoms with Crippen molar-refractivity contribution in [3.63, 3.8) is 0 Å². The molecule has 1 aliphatic rings. The second kappa shape index (κ2) is 5.32. The molecule has 1 aromatic rings. The van der Waals surface area contributed by atoms with Crippen LogP contribution < -0.4 is 4.90 Å². The van der Waals surface area contributed by atoms with Crippen LogP contribution in [0.25, 0.3) is 0 Å². The lowest BCUT2D eigenvalue weighted by atomic mass is 10.0. The van der Waals surface area contributed by atoms with Gasteiger partial charge < -0.3 is 10.0 Å². The number of aliphatic hydroxyl groups is 1. The number of aliphatic hydroxyl groups excluding tert-OH is 1. The normalized spacial score (nSPS) is 26.9. The van der Waals surface area contributed by atoms with Crippen LogP contribution in [0.15, 0.2) is 24.3 Å². The van der Waals surface area contributed by atoms with E-state index in [4.69, 9.17) is 0 Å². The third-order valence-electron chi connectivity index (χ3n) is 3.58. The van der Waals surface area contributed by atoms with E-state index in [9.17, 15) is 5.11 Å². The van der Waals surface area contributed by atoms with Crippen LogP contribution in [0.2, 0.25) is 0 Å². The molecule has 0 bridgehead atoms. The number of nitrogens with zero attached hydrogens (tertiary/aromatic N) is 1. The molecule has 1 aliphatic heterocycles. The van der Waals surface area contributed by atoms with E-state index in [-0.39, 0.29) is 0 Å². The summed E-state index contributed by atoms with van der Waals surface area (Å²) in [4.78, 5) is 2.43. The van der Waals surface area contributed by atoms with E-state index in [1.807, 2.05) is 30.8 Å². The molecule has 0 aromatic heterocycles. The Balaban J connectivity index is 2.32. The lowest BCUT2D eigenvalue weighted by Gasteiger charge is -2.40. The van der Waals surface area contributed by atoms with Crippen LogP contribution >= 0.6 is 11.8 Å². The maximum Gasteiger partial charge on any atom is 0.0781 e. The van der Waals surface area contributed by atoms with Crippen molar-refractivity contribution in [2.24, 2.45) is 0 Å². The molecule has 3 unspecified atom stereocenters. The van der Waals surface area contributed by atoms with Gasteiger partial charge in [-0.2, -0.15) is 11.8 Å². The average molecular weight is 251 g/mol. The van der Waals surface area contributed by atoms with Crippen LogP contribution in [0.4, 0.5) is 5.69 Å². The summed E-state index contributed by atoms with van der Waals surface area (Å²) < 4.78 is 0. The molecule has 0 aliphatic carbocycles. The van der Waals surface area contributed by atoms with E-state index in [1.54, 1.807) is 0 Å². The smallest absolute Gasteiger partial charge is 0.0781 e. The molecule has 2 rings (SSSR count). The first kappa shape index (κ1) is 12.8. The van der Waals surface area contributed by atoms with Crippen LogP contribution in [0.3, 0.4) is 0 Å². The van der Waals surface area contributed by atoms with E-state index in [2.05, 4.69) is 30.9 Å². The van der Waals surface area contributed by atoms with Crippen molar-refractivity contribution in [1.82, 2.24) is 0 Å². The molecule has 1 fully saturated rings. The molecule has 0 spiro atoms. The summed E-state index contributed by atoms with van der Waals surface area (Å²) in [6.07, 6.45) is -0.400. The summed E-state index contributed by atoms with van der Waals surface area (Å²) in [6.45, 7) is 7.47. The van der Waals surface area contributed by atoms with E-state index >= 15 is 0 Å². The van der Waals surface area contributed by atoms with Gasteiger partial charge in [0.1, 0.15) is 0 Å². The Morgan fingerprint density at radius 3 is 2.76 bits per heavy atom. The van der Waals surface area contributed by atoms with Gasteiger partial charge in [-0.25, -0.2) is 0 Å². The summed E-state index contributed by atoms with van der Waals surface area (Å²) in [5, 5.41) is 10.5. The number of anilines is 1. The lowest BCUT2D eigenvalue weighted by molar-refractivity contribution is 0.199. The Labute approximate surface area is 108 Å². The Morgan fingerprint density at radius 2 is 2.06 bits per heavy atom. The predicted molar refractivity (Wildman–Crippen MR) is 75.8 cm³/mol. The first-order valence-corrected chi connectivity index (χ1v) is 7.31. The molecule has 17 heavy (non-hydrogen) atoms. The van der Waals surface area contributed by atoms with Gasteiger partial charge in [-0.05, 0) is 19.9 Å². The summed E-state index contributed by atoms with van der Waals surface area (Å²) >= 11 is 2.03. The second-order valence-corrected chi connectivity index (χ2v) is 6.23. The number of hydrogen-bond acceptors (Lipinski definition) is 3. The Bertz CT molecular complexity index is 380. The molecule has 1 N–H and O–H groups in total. The molecule has 1 heterocycles. The molecule has 0 radical (unpaired) electrons. The maximum absolute atomic E-state index is 9.86. The molecule has 3 heteroatoms. The molecule has 0 saturated carbocycles. The number of rotatable bonds is 2. The summed E-state index contributed by atoms with van der Waals surface area (Å²) in [6, 6.07) is 8.73. The Kier molecular flexibility index (Phi) is 4.00. The number of benzene rings is 1. The third kappa shape index (κ3) is 2.61. The lowest BCUT2D eigenvalue weighted by Crippen LogP contribution is -2.45. The van der Waals surface area contributed by atoms with Crippen molar-refractivity contribution in [2.45, 2.75) is 38.2 Å². The Hall–Kier alpha value is -0.670. The third-order valence-corrected chi connectivity index (χ3v) is 4.92. The molecular weight excluding hydrogens is 230 g/mol. The molecule has 0 amide bonds. The van der Waals surface area contributed by atoms with E-state index < -0.39 is 6.10 Å². The Morgan fingerprint density at radius 1 is 1.35 bits per heavy atom. The highest BCUT2D eigenvalue weighted by atomic mass is 32.2. The van der Waals surface area contributed by atoms with Crippen LogP contribution in [0.5, 0.6) is 0 Å². The first-order chi connectivity index (χ1) is 8.11. The minimum Gasteiger partial charge on any atom is -0.389 e. The zero-order valence-electron chi connectivity index (χ0n) is 10.8. The fraction of sp³-hybridized carbons (Fsp3) is 0.571. The zero-order chi connectivity index (χ0) is 12.4. The summed E-state index contributed by atoms with van der Waals surface area (Å²) in [7, 11) is 0. The van der Waals surface area contributed by atoms with Crippen LogP contribution in [-0.4, -0.2) is 28.7 Å². The molecule has 2 nitrogen and oxygen atoms in total. The minimum atomic E-state index is -0.400. The maximum atomic E-state index is 9.86. The van der Waals surface area contributed by atoms with Crippen LogP contribution in [0, 0.1) is 0 Å². The van der Waals surface area contributed by atoms with Crippen LogP contribution in [-0.2, 0) is 0 Å². The predicted octanol–water partition coefficient (Wildman–Crippen LogP) is 3.07. The van der Waals surface area contributed by atoms with Gasteiger partial charge >= 0.3 is 0 Å². The van der Waals surface area contributed by atoms with Gasteiger partial charge in [0, 0.05) is 34.8 Å². The van der Waals surface area contributed by atoms with Gasteiger partial charge in [0.25, 0.3) is 0 Å². The standard InChI is InChI=1S/C14H21NOS/c1-10-12(3)17-9-8-15(10)14-7-5-4-6-13(14)11(2)16/h4-7,10-12,16H,8-9H2,1-3H3. The van der Waals surface area contributed by atoms with Crippen molar-refractivity contribution >= 4 is 17.4 Å². The largest absolute Gasteiger partial charge is 0.389 e. The fourth-order valence-electron chi connectivity index (χ4n) is 2.38.